The van der Waals surface area contributed by atoms with Crippen LogP contribution in [0.2, 0.25) is 0 Å². The molecule has 0 aromatic carbocycles. The van der Waals surface area contributed by atoms with Crippen LogP contribution < -0.4 is 10.6 Å². The SMILES string of the molecule is C=C(CC(C)(C)C)NC(C)(C)C(=C)NCc1ncccc1SCC(C)C. The summed E-state index contributed by atoms with van der Waals surface area (Å²) in [6.45, 7) is 24.5. The quantitative estimate of drug-likeness (QED) is 0.510. The monoisotopic (exact) mass is 375 g/mol. The molecule has 1 aromatic heterocycles. The van der Waals surface area contributed by atoms with Crippen LogP contribution in [0.4, 0.5) is 0 Å². The summed E-state index contributed by atoms with van der Waals surface area (Å²) >= 11 is 1.87. The van der Waals surface area contributed by atoms with Gasteiger partial charge in [-0.3, -0.25) is 4.98 Å². The van der Waals surface area contributed by atoms with E-state index >= 15 is 0 Å². The van der Waals surface area contributed by atoms with Gasteiger partial charge in [-0.05, 0) is 43.7 Å². The number of hydrogen-bond acceptors (Lipinski definition) is 4. The van der Waals surface area contributed by atoms with Crippen molar-refractivity contribution in [3.05, 3.63) is 48.6 Å². The van der Waals surface area contributed by atoms with Gasteiger partial charge in [-0.15, -0.1) is 11.8 Å². The van der Waals surface area contributed by atoms with Crippen molar-refractivity contribution in [2.24, 2.45) is 11.3 Å². The minimum atomic E-state index is -0.275. The van der Waals surface area contributed by atoms with Crippen LogP contribution in [0.25, 0.3) is 0 Å². The van der Waals surface area contributed by atoms with Crippen molar-refractivity contribution >= 4 is 11.8 Å². The highest BCUT2D eigenvalue weighted by atomic mass is 32.2. The van der Waals surface area contributed by atoms with Crippen LogP contribution in [0.5, 0.6) is 0 Å². The fourth-order valence-electron chi connectivity index (χ4n) is 2.56. The summed E-state index contributed by atoms with van der Waals surface area (Å²) in [5.41, 5.74) is 2.99. The molecule has 0 atom stereocenters. The van der Waals surface area contributed by atoms with E-state index in [0.717, 1.165) is 29.3 Å². The molecule has 0 fully saturated rings. The van der Waals surface area contributed by atoms with Gasteiger partial charge >= 0.3 is 0 Å². The molecule has 0 bridgehead atoms. The average Bonchev–Trinajstić information content (AvgIpc) is 2.48. The van der Waals surface area contributed by atoms with Gasteiger partial charge in [0, 0.05) is 28.2 Å². The zero-order valence-corrected chi connectivity index (χ0v) is 18.5. The third-order valence-corrected chi connectivity index (χ3v) is 5.39. The number of aromatic nitrogens is 1. The van der Waals surface area contributed by atoms with Crippen LogP contribution >= 0.6 is 11.8 Å². The van der Waals surface area contributed by atoms with E-state index in [1.165, 1.54) is 4.90 Å². The van der Waals surface area contributed by atoms with Crippen LogP contribution in [-0.2, 0) is 6.54 Å². The standard InChI is InChI=1S/C22H37N3S/c1-16(2)15-26-20-11-10-12-23-19(20)14-24-18(4)22(8,9)25-17(3)13-21(5,6)7/h10-12,16,24-25H,3-4,13-15H2,1-2,5-9H3. The summed E-state index contributed by atoms with van der Waals surface area (Å²) in [5, 5.41) is 6.98. The molecule has 1 aromatic rings. The molecule has 0 spiro atoms. The molecule has 0 saturated heterocycles. The van der Waals surface area contributed by atoms with Crippen LogP contribution in [-0.4, -0.2) is 16.3 Å². The molecule has 0 aliphatic rings. The lowest BCUT2D eigenvalue weighted by molar-refractivity contribution is 0.373. The highest BCUT2D eigenvalue weighted by molar-refractivity contribution is 7.99. The van der Waals surface area contributed by atoms with Gasteiger partial charge < -0.3 is 10.6 Å². The Morgan fingerprint density at radius 2 is 1.85 bits per heavy atom. The van der Waals surface area contributed by atoms with Crippen molar-refractivity contribution < 1.29 is 0 Å². The molecule has 0 radical (unpaired) electrons. The summed E-state index contributed by atoms with van der Waals surface area (Å²) in [7, 11) is 0. The van der Waals surface area contributed by atoms with Crippen LogP contribution in [0.15, 0.2) is 47.8 Å². The van der Waals surface area contributed by atoms with E-state index in [1.807, 2.05) is 24.0 Å². The van der Waals surface area contributed by atoms with Crippen molar-refractivity contribution in [2.45, 2.75) is 71.9 Å². The van der Waals surface area contributed by atoms with Gasteiger partial charge in [-0.25, -0.2) is 0 Å². The molecule has 26 heavy (non-hydrogen) atoms. The van der Waals surface area contributed by atoms with E-state index in [2.05, 4.69) is 83.3 Å². The molecule has 0 amide bonds. The summed E-state index contributed by atoms with van der Waals surface area (Å²) < 4.78 is 0. The Bertz CT molecular complexity index is 612. The number of nitrogens with zero attached hydrogens (tertiary/aromatic N) is 1. The molecule has 0 aliphatic carbocycles. The molecule has 0 saturated carbocycles. The molecule has 0 aliphatic heterocycles. The zero-order chi connectivity index (χ0) is 20.0. The summed E-state index contributed by atoms with van der Waals surface area (Å²) in [6, 6.07) is 4.15. The highest BCUT2D eigenvalue weighted by Crippen LogP contribution is 2.25. The van der Waals surface area contributed by atoms with E-state index in [-0.39, 0.29) is 11.0 Å². The Balaban J connectivity index is 2.66. The second-order valence-electron chi connectivity index (χ2n) is 9.08. The number of allylic oxidation sites excluding steroid dienone is 1. The Morgan fingerprint density at radius 1 is 1.19 bits per heavy atom. The number of nitrogens with one attached hydrogen (secondary N) is 2. The number of rotatable bonds is 10. The third kappa shape index (κ3) is 8.31. The molecule has 4 heteroatoms. The first-order valence-electron chi connectivity index (χ1n) is 9.36. The first-order valence-corrected chi connectivity index (χ1v) is 10.3. The predicted molar refractivity (Wildman–Crippen MR) is 116 cm³/mol. The number of thioether (sulfide) groups is 1. The normalized spacial score (nSPS) is 12.2. The fourth-order valence-corrected chi connectivity index (χ4v) is 3.54. The Hall–Kier alpha value is -1.42. The Morgan fingerprint density at radius 3 is 2.42 bits per heavy atom. The number of hydrogen-bond donors (Lipinski definition) is 2. The van der Waals surface area contributed by atoms with E-state index in [9.17, 15) is 0 Å². The second kappa shape index (κ2) is 9.50. The molecule has 146 valence electrons. The first kappa shape index (κ1) is 22.6. The Kier molecular flexibility index (Phi) is 8.26. The highest BCUT2D eigenvalue weighted by Gasteiger charge is 2.24. The van der Waals surface area contributed by atoms with Crippen molar-refractivity contribution in [1.29, 1.82) is 0 Å². The van der Waals surface area contributed by atoms with Crippen LogP contribution in [0, 0.1) is 11.3 Å². The van der Waals surface area contributed by atoms with Crippen LogP contribution in [0.3, 0.4) is 0 Å². The fraction of sp³-hybridized carbons (Fsp3) is 0.591. The third-order valence-electron chi connectivity index (χ3n) is 3.88. The van der Waals surface area contributed by atoms with Crippen molar-refractivity contribution in [3.63, 3.8) is 0 Å². The summed E-state index contributed by atoms with van der Waals surface area (Å²) in [6.07, 6.45) is 2.79. The van der Waals surface area contributed by atoms with Gasteiger partial charge in [0.2, 0.25) is 0 Å². The van der Waals surface area contributed by atoms with E-state index < -0.39 is 0 Å². The van der Waals surface area contributed by atoms with Gasteiger partial charge in [-0.2, -0.15) is 0 Å². The molecule has 1 heterocycles. The van der Waals surface area contributed by atoms with Gasteiger partial charge in [0.1, 0.15) is 0 Å². The molecule has 2 N–H and O–H groups in total. The van der Waals surface area contributed by atoms with Crippen LogP contribution in [0.1, 0.15) is 60.6 Å². The predicted octanol–water partition coefficient (Wildman–Crippen LogP) is 5.75. The molecular formula is C22H37N3S. The van der Waals surface area contributed by atoms with E-state index in [4.69, 9.17) is 0 Å². The maximum atomic E-state index is 4.56. The Labute approximate surface area is 165 Å². The van der Waals surface area contributed by atoms with Crippen molar-refractivity contribution in [3.8, 4) is 0 Å². The lowest BCUT2D eigenvalue weighted by atomic mass is 9.89. The smallest absolute Gasteiger partial charge is 0.0730 e. The summed E-state index contributed by atoms with van der Waals surface area (Å²) in [4.78, 5) is 5.80. The largest absolute Gasteiger partial charge is 0.381 e. The van der Waals surface area contributed by atoms with Crippen molar-refractivity contribution in [1.82, 2.24) is 15.6 Å². The lowest BCUT2D eigenvalue weighted by Gasteiger charge is -2.33. The lowest BCUT2D eigenvalue weighted by Crippen LogP contribution is -2.44. The molecular weight excluding hydrogens is 338 g/mol. The minimum Gasteiger partial charge on any atom is -0.381 e. The van der Waals surface area contributed by atoms with Gasteiger partial charge in [0.05, 0.1) is 17.8 Å². The maximum Gasteiger partial charge on any atom is 0.0730 e. The zero-order valence-electron chi connectivity index (χ0n) is 17.7. The summed E-state index contributed by atoms with van der Waals surface area (Å²) in [5.74, 6) is 1.76. The average molecular weight is 376 g/mol. The minimum absolute atomic E-state index is 0.214. The molecule has 3 nitrogen and oxygen atoms in total. The topological polar surface area (TPSA) is 37.0 Å². The van der Waals surface area contributed by atoms with Gasteiger partial charge in [0.25, 0.3) is 0 Å². The second-order valence-corrected chi connectivity index (χ2v) is 10.1. The molecule has 1 rings (SSSR count). The first-order chi connectivity index (χ1) is 11.9. The maximum absolute atomic E-state index is 4.56. The number of pyridine rings is 1. The molecule has 0 unspecified atom stereocenters. The van der Waals surface area contributed by atoms with Gasteiger partial charge in [0.15, 0.2) is 0 Å². The van der Waals surface area contributed by atoms with Crippen molar-refractivity contribution in [2.75, 3.05) is 5.75 Å². The van der Waals surface area contributed by atoms with E-state index in [0.29, 0.717) is 12.5 Å². The van der Waals surface area contributed by atoms with Gasteiger partial charge in [-0.1, -0.05) is 47.8 Å². The van der Waals surface area contributed by atoms with E-state index in [1.54, 1.807) is 0 Å².